The SMILES string of the molecule is Nc1nc2nc3c1cc(O)n3Cc1cc(ccn1)OCCCCCO2. The van der Waals surface area contributed by atoms with E-state index in [-0.39, 0.29) is 17.7 Å². The number of aromatic hydroxyl groups is 1. The Bertz CT molecular complexity index is 909. The molecule has 3 N–H and O–H groups in total. The van der Waals surface area contributed by atoms with Gasteiger partial charge in [-0.3, -0.25) is 9.55 Å². The Hall–Kier alpha value is -3.03. The van der Waals surface area contributed by atoms with Crippen molar-refractivity contribution in [3.8, 4) is 17.6 Å². The largest absolute Gasteiger partial charge is 0.494 e. The van der Waals surface area contributed by atoms with Gasteiger partial charge in [-0.15, -0.1) is 0 Å². The predicted octanol–water partition coefficient (Wildman–Crippen LogP) is 2.10. The molecular formula is C17H19N5O3. The lowest BCUT2D eigenvalue weighted by atomic mass is 10.2. The maximum atomic E-state index is 10.3. The lowest BCUT2D eigenvalue weighted by Crippen LogP contribution is -2.06. The maximum Gasteiger partial charge on any atom is 0.320 e. The monoisotopic (exact) mass is 341 g/mol. The minimum atomic E-state index is 0.0468. The molecule has 1 aliphatic heterocycles. The lowest BCUT2D eigenvalue weighted by Gasteiger charge is -2.09. The number of aromatic nitrogens is 4. The molecule has 25 heavy (non-hydrogen) atoms. The van der Waals surface area contributed by atoms with Gasteiger partial charge in [-0.25, -0.2) is 0 Å². The normalized spacial score (nSPS) is 15.2. The molecule has 3 aromatic heterocycles. The number of rotatable bonds is 0. The van der Waals surface area contributed by atoms with E-state index < -0.39 is 0 Å². The van der Waals surface area contributed by atoms with Crippen LogP contribution >= 0.6 is 0 Å². The Morgan fingerprint density at radius 2 is 1.92 bits per heavy atom. The molecule has 0 atom stereocenters. The molecule has 0 fully saturated rings. The molecule has 0 aromatic carbocycles. The summed E-state index contributed by atoms with van der Waals surface area (Å²) in [5.41, 5.74) is 7.27. The average molecular weight is 341 g/mol. The number of anilines is 1. The van der Waals surface area contributed by atoms with E-state index in [9.17, 15) is 5.11 Å². The van der Waals surface area contributed by atoms with Crippen molar-refractivity contribution in [1.82, 2.24) is 19.5 Å². The van der Waals surface area contributed by atoms with Gasteiger partial charge in [0.1, 0.15) is 11.6 Å². The maximum absolute atomic E-state index is 10.3. The van der Waals surface area contributed by atoms with Gasteiger partial charge in [0.2, 0.25) is 0 Å². The standard InChI is InChI=1S/C17H19N5O3/c18-15-13-9-14(23)22-10-11-8-12(4-5-19-11)24-6-2-1-3-7-25-17(20-15)21-16(13)22/h4-5,8-9,23H,1-3,6-7,10H2,(H2,18,20,21). The van der Waals surface area contributed by atoms with Crippen LogP contribution in [0, 0.1) is 0 Å². The van der Waals surface area contributed by atoms with Crippen LogP contribution in [0.3, 0.4) is 0 Å². The number of nitrogens with two attached hydrogens (primary N) is 1. The first-order valence-electron chi connectivity index (χ1n) is 8.27. The minimum Gasteiger partial charge on any atom is -0.494 e. The van der Waals surface area contributed by atoms with E-state index >= 15 is 0 Å². The Morgan fingerprint density at radius 1 is 1.08 bits per heavy atom. The molecule has 4 rings (SSSR count). The van der Waals surface area contributed by atoms with Crippen molar-refractivity contribution in [2.45, 2.75) is 25.8 Å². The van der Waals surface area contributed by atoms with Crippen LogP contribution in [-0.2, 0) is 6.54 Å². The summed E-state index contributed by atoms with van der Waals surface area (Å²) in [6.45, 7) is 1.48. The highest BCUT2D eigenvalue weighted by Gasteiger charge is 2.16. The summed E-state index contributed by atoms with van der Waals surface area (Å²) in [4.78, 5) is 12.9. The molecular weight excluding hydrogens is 322 g/mol. The molecule has 130 valence electrons. The predicted molar refractivity (Wildman–Crippen MR) is 91.8 cm³/mol. The van der Waals surface area contributed by atoms with Crippen LogP contribution in [-0.4, -0.2) is 37.8 Å². The first-order chi connectivity index (χ1) is 12.2. The van der Waals surface area contributed by atoms with Crippen LogP contribution in [0.15, 0.2) is 24.4 Å². The van der Waals surface area contributed by atoms with Gasteiger partial charge in [-0.05, 0) is 25.3 Å². The summed E-state index contributed by atoms with van der Waals surface area (Å²) in [6, 6.07) is 5.47. The Labute approximate surface area is 144 Å². The smallest absolute Gasteiger partial charge is 0.320 e. The Morgan fingerprint density at radius 3 is 2.80 bits per heavy atom. The number of ether oxygens (including phenoxy) is 2. The average Bonchev–Trinajstić information content (AvgIpc) is 2.90. The van der Waals surface area contributed by atoms with Crippen LogP contribution in [0.4, 0.5) is 5.82 Å². The second kappa shape index (κ2) is 6.46. The van der Waals surface area contributed by atoms with Gasteiger partial charge >= 0.3 is 6.01 Å². The molecule has 0 radical (unpaired) electrons. The molecule has 8 nitrogen and oxygen atoms in total. The van der Waals surface area contributed by atoms with Crippen LogP contribution < -0.4 is 15.2 Å². The summed E-state index contributed by atoms with van der Waals surface area (Å²) in [5.74, 6) is 1.09. The molecule has 4 bridgehead atoms. The van der Waals surface area contributed by atoms with Crippen molar-refractivity contribution in [3.05, 3.63) is 30.1 Å². The molecule has 4 heterocycles. The fourth-order valence-corrected chi connectivity index (χ4v) is 2.86. The third-order valence-corrected chi connectivity index (χ3v) is 4.14. The quantitative estimate of drug-likeness (QED) is 0.644. The number of nitrogen functional groups attached to an aromatic ring is 1. The molecule has 0 aliphatic carbocycles. The minimum absolute atomic E-state index is 0.0468. The molecule has 0 saturated heterocycles. The summed E-state index contributed by atoms with van der Waals surface area (Å²) in [6.07, 6.45) is 4.48. The van der Waals surface area contributed by atoms with Crippen LogP contribution in [0.2, 0.25) is 0 Å². The highest BCUT2D eigenvalue weighted by atomic mass is 16.5. The summed E-state index contributed by atoms with van der Waals surface area (Å²) < 4.78 is 13.0. The van der Waals surface area contributed by atoms with Gasteiger partial charge in [0, 0.05) is 18.3 Å². The van der Waals surface area contributed by atoms with Crippen molar-refractivity contribution in [2.75, 3.05) is 18.9 Å². The van der Waals surface area contributed by atoms with Crippen molar-refractivity contribution >= 4 is 16.9 Å². The third kappa shape index (κ3) is 3.15. The van der Waals surface area contributed by atoms with Gasteiger partial charge in [-0.2, -0.15) is 9.97 Å². The fourth-order valence-electron chi connectivity index (χ4n) is 2.86. The van der Waals surface area contributed by atoms with Crippen molar-refractivity contribution < 1.29 is 14.6 Å². The number of nitrogens with zero attached hydrogens (tertiary/aromatic N) is 4. The van der Waals surface area contributed by atoms with Crippen LogP contribution in [0.1, 0.15) is 25.0 Å². The number of fused-ring (bicyclic) bond motifs is 3. The highest BCUT2D eigenvalue weighted by Crippen LogP contribution is 2.29. The lowest BCUT2D eigenvalue weighted by molar-refractivity contribution is 0.267. The van der Waals surface area contributed by atoms with Gasteiger partial charge in [0.05, 0.1) is 30.8 Å². The summed E-state index contributed by atoms with van der Waals surface area (Å²) in [7, 11) is 0. The van der Waals surface area contributed by atoms with E-state index in [1.807, 2.05) is 12.1 Å². The summed E-state index contributed by atoms with van der Waals surface area (Å²) in [5, 5.41) is 10.9. The fraction of sp³-hybridized carbons (Fsp3) is 0.353. The topological polar surface area (TPSA) is 108 Å². The van der Waals surface area contributed by atoms with Crippen LogP contribution in [0.25, 0.3) is 11.0 Å². The van der Waals surface area contributed by atoms with E-state index in [0.29, 0.717) is 30.8 Å². The van der Waals surface area contributed by atoms with E-state index in [0.717, 1.165) is 30.7 Å². The van der Waals surface area contributed by atoms with Gasteiger partial charge < -0.3 is 20.3 Å². The van der Waals surface area contributed by atoms with Crippen molar-refractivity contribution in [1.29, 1.82) is 0 Å². The molecule has 1 aliphatic rings. The summed E-state index contributed by atoms with van der Waals surface area (Å²) >= 11 is 0. The van der Waals surface area contributed by atoms with Gasteiger partial charge in [-0.1, -0.05) is 0 Å². The first kappa shape index (κ1) is 15.5. The first-order valence-corrected chi connectivity index (χ1v) is 8.27. The molecule has 8 heteroatoms. The number of hydrogen-bond donors (Lipinski definition) is 2. The van der Waals surface area contributed by atoms with E-state index in [4.69, 9.17) is 15.2 Å². The van der Waals surface area contributed by atoms with E-state index in [1.165, 1.54) is 0 Å². The molecule has 0 saturated carbocycles. The molecule has 3 aromatic rings. The van der Waals surface area contributed by atoms with Crippen molar-refractivity contribution in [2.24, 2.45) is 0 Å². The van der Waals surface area contributed by atoms with Gasteiger partial charge in [0.15, 0.2) is 11.5 Å². The molecule has 0 spiro atoms. The van der Waals surface area contributed by atoms with E-state index in [1.54, 1.807) is 16.8 Å². The Kier molecular flexibility index (Phi) is 4.01. The van der Waals surface area contributed by atoms with E-state index in [2.05, 4.69) is 15.0 Å². The number of pyridine rings is 1. The molecule has 0 amide bonds. The second-order valence-corrected chi connectivity index (χ2v) is 5.96. The number of hydrogen-bond acceptors (Lipinski definition) is 7. The van der Waals surface area contributed by atoms with Crippen LogP contribution in [0.5, 0.6) is 17.6 Å². The third-order valence-electron chi connectivity index (χ3n) is 4.14. The zero-order valence-corrected chi connectivity index (χ0v) is 13.7. The van der Waals surface area contributed by atoms with Gasteiger partial charge in [0.25, 0.3) is 0 Å². The zero-order valence-electron chi connectivity index (χ0n) is 13.7. The highest BCUT2D eigenvalue weighted by molar-refractivity contribution is 5.88. The zero-order chi connectivity index (χ0) is 17.2. The Balaban J connectivity index is 1.80. The molecule has 0 unspecified atom stereocenters. The van der Waals surface area contributed by atoms with Crippen molar-refractivity contribution in [3.63, 3.8) is 0 Å². The second-order valence-electron chi connectivity index (χ2n) is 5.96.